The summed E-state index contributed by atoms with van der Waals surface area (Å²) in [6.07, 6.45) is -2.51. The number of nitrogen functional groups attached to an aromatic ring is 1. The van der Waals surface area contributed by atoms with Gasteiger partial charge in [-0.3, -0.25) is 9.59 Å². The highest BCUT2D eigenvalue weighted by atomic mass is 19.4. The van der Waals surface area contributed by atoms with Crippen LogP contribution in [0.5, 0.6) is 0 Å². The van der Waals surface area contributed by atoms with Gasteiger partial charge in [-0.25, -0.2) is 19.4 Å². The predicted octanol–water partition coefficient (Wildman–Crippen LogP) is 4.80. The molecule has 0 aliphatic carbocycles. The molecule has 0 saturated carbocycles. The summed E-state index contributed by atoms with van der Waals surface area (Å²) < 4.78 is 56.1. The number of amides is 2. The van der Waals surface area contributed by atoms with Gasteiger partial charge in [-0.1, -0.05) is 18.2 Å². The van der Waals surface area contributed by atoms with Crippen molar-refractivity contribution in [3.63, 3.8) is 0 Å². The number of aliphatic imine (C=N–C) groups is 1. The normalized spacial score (nSPS) is 11.8. The number of nitrogens with zero attached hydrogens (tertiary/aromatic N) is 3. The van der Waals surface area contributed by atoms with Crippen LogP contribution < -0.4 is 16.8 Å². The van der Waals surface area contributed by atoms with Crippen molar-refractivity contribution in [2.75, 3.05) is 5.73 Å². The van der Waals surface area contributed by atoms with Gasteiger partial charge >= 0.3 is 6.18 Å². The Morgan fingerprint density at radius 1 is 0.949 bits per heavy atom. The number of rotatable bonds is 5. The van der Waals surface area contributed by atoms with Gasteiger partial charge in [0.1, 0.15) is 11.7 Å². The molecule has 1 heterocycles. The van der Waals surface area contributed by atoms with E-state index in [0.29, 0.717) is 5.69 Å². The fourth-order valence-corrected chi connectivity index (χ4v) is 3.68. The molecule has 1 aromatic heterocycles. The average molecular weight is 536 g/mol. The molecule has 0 atom stereocenters. The van der Waals surface area contributed by atoms with Crippen molar-refractivity contribution in [1.29, 1.82) is 0 Å². The standard InChI is InChI=1S/C27H20F4N6O2/c1-14-5-2-3-6-22(14)36-25(16-8-7-15(23(33)38)11-21(16)32)37-26(39)18-12-17(24-34-9-4-10-35-24)19(13-20(18)28)27(29,30)31/h2-13H,32H2,1H3,(H2,33,38)(H,36,37,39). The van der Waals surface area contributed by atoms with Crippen molar-refractivity contribution >= 4 is 29.0 Å². The van der Waals surface area contributed by atoms with Gasteiger partial charge in [-0.2, -0.15) is 13.2 Å². The summed E-state index contributed by atoms with van der Waals surface area (Å²) in [5, 5.41) is 2.45. The highest BCUT2D eigenvalue weighted by Crippen LogP contribution is 2.37. The molecule has 8 nitrogen and oxygen atoms in total. The second-order valence-corrected chi connectivity index (χ2v) is 8.32. The zero-order valence-electron chi connectivity index (χ0n) is 20.3. The maximum absolute atomic E-state index is 15.0. The molecule has 2 amide bonds. The molecule has 0 spiro atoms. The molecule has 0 unspecified atom stereocenters. The molecular weight excluding hydrogens is 516 g/mol. The number of amidine groups is 1. The number of aryl methyl sites for hydroxylation is 1. The molecule has 0 aliphatic heterocycles. The number of aromatic nitrogens is 2. The fraction of sp³-hybridized carbons (Fsp3) is 0.0741. The Labute approximate surface area is 219 Å². The van der Waals surface area contributed by atoms with E-state index in [9.17, 15) is 27.2 Å². The van der Waals surface area contributed by atoms with E-state index in [0.717, 1.165) is 11.6 Å². The molecule has 0 fully saturated rings. The molecule has 5 N–H and O–H groups in total. The Kier molecular flexibility index (Phi) is 7.38. The molecule has 0 saturated heterocycles. The Hall–Kier alpha value is -5.13. The first-order chi connectivity index (χ1) is 18.5. The van der Waals surface area contributed by atoms with Crippen molar-refractivity contribution in [1.82, 2.24) is 15.3 Å². The van der Waals surface area contributed by atoms with Crippen LogP contribution in [0.15, 0.2) is 78.0 Å². The summed E-state index contributed by atoms with van der Waals surface area (Å²) in [7, 11) is 0. The van der Waals surface area contributed by atoms with E-state index in [1.165, 1.54) is 36.7 Å². The van der Waals surface area contributed by atoms with Crippen LogP contribution in [0.4, 0.5) is 28.9 Å². The SMILES string of the molecule is Cc1ccccc1N=C(NC(=O)c1cc(-c2ncccn2)c(C(F)(F)F)cc1F)c1ccc(C(N)=O)cc1N. The summed E-state index contributed by atoms with van der Waals surface area (Å²) in [4.78, 5) is 36.9. The van der Waals surface area contributed by atoms with Crippen LogP contribution in [-0.4, -0.2) is 27.6 Å². The molecule has 3 aromatic carbocycles. The lowest BCUT2D eigenvalue weighted by atomic mass is 10.0. The molecule has 0 aliphatic rings. The van der Waals surface area contributed by atoms with Crippen molar-refractivity contribution in [3.8, 4) is 11.4 Å². The highest BCUT2D eigenvalue weighted by molar-refractivity contribution is 6.16. The second kappa shape index (κ2) is 10.7. The molecule has 0 bridgehead atoms. The first kappa shape index (κ1) is 26.9. The lowest BCUT2D eigenvalue weighted by Gasteiger charge is -2.16. The van der Waals surface area contributed by atoms with Crippen LogP contribution in [0.2, 0.25) is 0 Å². The Bertz CT molecular complexity index is 1600. The predicted molar refractivity (Wildman–Crippen MR) is 137 cm³/mol. The summed E-state index contributed by atoms with van der Waals surface area (Å²) in [6.45, 7) is 1.76. The smallest absolute Gasteiger partial charge is 0.398 e. The third kappa shape index (κ3) is 5.90. The number of hydrogen-bond donors (Lipinski definition) is 3. The summed E-state index contributed by atoms with van der Waals surface area (Å²) in [5.74, 6) is -3.76. The molecule has 4 aromatic rings. The van der Waals surface area contributed by atoms with Crippen LogP contribution in [0.1, 0.15) is 37.4 Å². The van der Waals surface area contributed by atoms with Crippen LogP contribution in [0.3, 0.4) is 0 Å². The monoisotopic (exact) mass is 536 g/mol. The van der Waals surface area contributed by atoms with E-state index >= 15 is 0 Å². The Balaban J connectivity index is 1.83. The number of carbonyl (C=O) groups excluding carboxylic acids is 2. The zero-order chi connectivity index (χ0) is 28.3. The summed E-state index contributed by atoms with van der Waals surface area (Å²) in [5.41, 5.74) is 10.2. The fourth-order valence-electron chi connectivity index (χ4n) is 3.68. The molecule has 12 heteroatoms. The summed E-state index contributed by atoms with van der Waals surface area (Å²) in [6, 6.07) is 13.3. The summed E-state index contributed by atoms with van der Waals surface area (Å²) >= 11 is 0. The van der Waals surface area contributed by atoms with Crippen LogP contribution in [-0.2, 0) is 6.18 Å². The zero-order valence-corrected chi connectivity index (χ0v) is 20.3. The first-order valence-electron chi connectivity index (χ1n) is 11.3. The number of halogens is 4. The minimum absolute atomic E-state index is 0.0187. The lowest BCUT2D eigenvalue weighted by Crippen LogP contribution is -2.33. The second-order valence-electron chi connectivity index (χ2n) is 8.32. The number of benzene rings is 3. The molecule has 4 rings (SSSR count). The number of anilines is 1. The van der Waals surface area contributed by atoms with Gasteiger partial charge in [0.15, 0.2) is 5.82 Å². The van der Waals surface area contributed by atoms with E-state index < -0.39 is 40.5 Å². The largest absolute Gasteiger partial charge is 0.417 e. The third-order valence-electron chi connectivity index (χ3n) is 5.63. The quantitative estimate of drug-likeness (QED) is 0.146. The van der Waals surface area contributed by atoms with Gasteiger partial charge in [0.25, 0.3) is 5.91 Å². The van der Waals surface area contributed by atoms with Crippen molar-refractivity contribution < 1.29 is 27.2 Å². The van der Waals surface area contributed by atoms with Crippen LogP contribution >= 0.6 is 0 Å². The number of nitrogens with two attached hydrogens (primary N) is 2. The topological polar surface area (TPSA) is 136 Å². The number of alkyl halides is 3. The van der Waals surface area contributed by atoms with Gasteiger partial charge in [0.05, 0.1) is 16.8 Å². The Morgan fingerprint density at radius 3 is 2.26 bits per heavy atom. The Morgan fingerprint density at radius 2 is 1.64 bits per heavy atom. The van der Waals surface area contributed by atoms with E-state index in [2.05, 4.69) is 20.3 Å². The van der Waals surface area contributed by atoms with Crippen molar-refractivity contribution in [2.24, 2.45) is 10.7 Å². The molecule has 198 valence electrons. The van der Waals surface area contributed by atoms with Gasteiger partial charge in [0, 0.05) is 34.8 Å². The third-order valence-corrected chi connectivity index (χ3v) is 5.63. The van der Waals surface area contributed by atoms with Crippen LogP contribution in [0, 0.1) is 12.7 Å². The van der Waals surface area contributed by atoms with Gasteiger partial charge in [0.2, 0.25) is 5.91 Å². The lowest BCUT2D eigenvalue weighted by molar-refractivity contribution is -0.137. The van der Waals surface area contributed by atoms with Gasteiger partial charge in [-0.15, -0.1) is 0 Å². The van der Waals surface area contributed by atoms with Crippen LogP contribution in [0.25, 0.3) is 11.4 Å². The minimum atomic E-state index is -4.95. The number of para-hydroxylation sites is 1. The number of carbonyl (C=O) groups is 2. The molecule has 0 radical (unpaired) electrons. The molecular formula is C27H20F4N6O2. The number of hydrogen-bond acceptors (Lipinski definition) is 6. The van der Waals surface area contributed by atoms with E-state index in [1.54, 1.807) is 31.2 Å². The van der Waals surface area contributed by atoms with Gasteiger partial charge < -0.3 is 16.8 Å². The van der Waals surface area contributed by atoms with E-state index in [4.69, 9.17) is 11.5 Å². The minimum Gasteiger partial charge on any atom is -0.398 e. The van der Waals surface area contributed by atoms with Crippen molar-refractivity contribution in [2.45, 2.75) is 13.1 Å². The highest BCUT2D eigenvalue weighted by Gasteiger charge is 2.36. The average Bonchev–Trinajstić information content (AvgIpc) is 2.89. The maximum Gasteiger partial charge on any atom is 0.417 e. The van der Waals surface area contributed by atoms with E-state index in [-0.39, 0.29) is 34.5 Å². The first-order valence-corrected chi connectivity index (χ1v) is 11.3. The van der Waals surface area contributed by atoms with Crippen molar-refractivity contribution in [3.05, 3.63) is 107 Å². The van der Waals surface area contributed by atoms with E-state index in [1.807, 2.05) is 0 Å². The maximum atomic E-state index is 15.0. The number of primary amides is 1. The number of nitrogens with one attached hydrogen (secondary N) is 1. The molecule has 39 heavy (non-hydrogen) atoms. The van der Waals surface area contributed by atoms with Gasteiger partial charge in [-0.05, 0) is 55.0 Å².